The van der Waals surface area contributed by atoms with E-state index in [2.05, 4.69) is 46.4 Å². The number of aliphatic hydroxyl groups excluding tert-OH is 1. The largest absolute Gasteiger partial charge is 0.396 e. The Morgan fingerprint density at radius 2 is 1.96 bits per heavy atom. The topological polar surface area (TPSA) is 54.2 Å². The first-order valence-electron chi connectivity index (χ1n) is 9.15. The monoisotopic (exact) mass is 348 g/mol. The van der Waals surface area contributed by atoms with E-state index in [0.29, 0.717) is 5.92 Å². The summed E-state index contributed by atoms with van der Waals surface area (Å²) in [7, 11) is 0. The minimum atomic E-state index is 0.277. The lowest BCUT2D eigenvalue weighted by molar-refractivity contribution is 0.220. The Labute approximate surface area is 153 Å². The van der Waals surface area contributed by atoms with Crippen molar-refractivity contribution in [3.8, 4) is 11.3 Å². The van der Waals surface area contributed by atoms with Crippen LogP contribution in [0.3, 0.4) is 0 Å². The first kappa shape index (κ1) is 16.9. The number of hydrogen-bond acceptors (Lipinski definition) is 4. The summed E-state index contributed by atoms with van der Waals surface area (Å²) in [6.07, 6.45) is 6.88. The fourth-order valence-electron chi connectivity index (χ4n) is 3.62. The van der Waals surface area contributed by atoms with Gasteiger partial charge in [0, 0.05) is 49.4 Å². The van der Waals surface area contributed by atoms with Gasteiger partial charge in [-0.2, -0.15) is 5.10 Å². The lowest BCUT2D eigenvalue weighted by Gasteiger charge is -2.15. The van der Waals surface area contributed by atoms with Crippen molar-refractivity contribution in [1.29, 1.82) is 0 Å². The van der Waals surface area contributed by atoms with Crippen molar-refractivity contribution in [3.63, 3.8) is 0 Å². The molecule has 3 aromatic rings. The maximum Gasteiger partial charge on any atom is 0.0983 e. The molecule has 5 heteroatoms. The van der Waals surface area contributed by atoms with Gasteiger partial charge >= 0.3 is 0 Å². The summed E-state index contributed by atoms with van der Waals surface area (Å²) in [5.41, 5.74) is 4.50. The van der Waals surface area contributed by atoms with Crippen LogP contribution in [-0.2, 0) is 13.1 Å². The third-order valence-corrected chi connectivity index (χ3v) is 4.98. The molecular weight excluding hydrogens is 324 g/mol. The number of likely N-dealkylation sites (tertiary alicyclic amines) is 1. The Kier molecular flexibility index (Phi) is 5.09. The summed E-state index contributed by atoms with van der Waals surface area (Å²) < 4.78 is 2.02. The van der Waals surface area contributed by atoms with Gasteiger partial charge in [-0.05, 0) is 36.6 Å². The van der Waals surface area contributed by atoms with E-state index in [1.165, 1.54) is 11.1 Å². The molecule has 4 rings (SSSR count). The van der Waals surface area contributed by atoms with Gasteiger partial charge in [0.15, 0.2) is 0 Å². The van der Waals surface area contributed by atoms with Gasteiger partial charge in [-0.1, -0.05) is 30.3 Å². The van der Waals surface area contributed by atoms with E-state index in [9.17, 15) is 5.11 Å². The number of aromatic nitrogens is 3. The Morgan fingerprint density at radius 1 is 1.08 bits per heavy atom. The maximum atomic E-state index is 9.40. The van der Waals surface area contributed by atoms with Crippen molar-refractivity contribution in [3.05, 3.63) is 72.2 Å². The first-order chi connectivity index (χ1) is 12.8. The zero-order valence-electron chi connectivity index (χ0n) is 14.8. The SMILES string of the molecule is OCC1CCN(Cc2cn(Cc3ccccc3)nc2-c2cccnc2)C1. The number of aliphatic hydroxyl groups is 1. The highest BCUT2D eigenvalue weighted by Crippen LogP contribution is 2.25. The molecule has 3 heterocycles. The maximum absolute atomic E-state index is 9.40. The molecule has 2 aromatic heterocycles. The molecule has 1 N–H and O–H groups in total. The Hall–Kier alpha value is -2.50. The highest BCUT2D eigenvalue weighted by atomic mass is 16.3. The van der Waals surface area contributed by atoms with Crippen LogP contribution in [0.2, 0.25) is 0 Å². The molecule has 0 radical (unpaired) electrons. The molecule has 1 saturated heterocycles. The zero-order valence-corrected chi connectivity index (χ0v) is 14.8. The van der Waals surface area contributed by atoms with Crippen LogP contribution >= 0.6 is 0 Å². The van der Waals surface area contributed by atoms with E-state index < -0.39 is 0 Å². The third-order valence-electron chi connectivity index (χ3n) is 4.98. The second-order valence-corrected chi connectivity index (χ2v) is 7.00. The van der Waals surface area contributed by atoms with Crippen molar-refractivity contribution in [2.24, 2.45) is 5.92 Å². The molecule has 1 aliphatic heterocycles. The number of rotatable bonds is 6. The number of hydrogen-bond donors (Lipinski definition) is 1. The summed E-state index contributed by atoms with van der Waals surface area (Å²) in [5.74, 6) is 0.399. The molecule has 0 aliphatic carbocycles. The van der Waals surface area contributed by atoms with Crippen LogP contribution in [0.1, 0.15) is 17.5 Å². The third kappa shape index (κ3) is 3.84. The quantitative estimate of drug-likeness (QED) is 0.744. The van der Waals surface area contributed by atoms with Crippen molar-refractivity contribution in [1.82, 2.24) is 19.7 Å². The normalized spacial score (nSPS) is 17.7. The number of benzene rings is 1. The van der Waals surface area contributed by atoms with E-state index in [1.807, 2.05) is 23.0 Å². The van der Waals surface area contributed by atoms with Crippen LogP contribution in [0.15, 0.2) is 61.1 Å². The molecule has 0 amide bonds. The van der Waals surface area contributed by atoms with Crippen LogP contribution in [0.25, 0.3) is 11.3 Å². The van der Waals surface area contributed by atoms with Crippen LogP contribution < -0.4 is 0 Å². The van der Waals surface area contributed by atoms with E-state index in [4.69, 9.17) is 5.10 Å². The van der Waals surface area contributed by atoms with Crippen LogP contribution in [0, 0.1) is 5.92 Å². The molecule has 1 fully saturated rings. The van der Waals surface area contributed by atoms with Gasteiger partial charge in [0.2, 0.25) is 0 Å². The van der Waals surface area contributed by atoms with Gasteiger partial charge in [0.25, 0.3) is 0 Å². The Morgan fingerprint density at radius 3 is 2.69 bits per heavy atom. The average Bonchev–Trinajstić information content (AvgIpc) is 3.30. The molecule has 5 nitrogen and oxygen atoms in total. The summed E-state index contributed by atoms with van der Waals surface area (Å²) in [6.45, 7) is 3.87. The molecule has 1 unspecified atom stereocenters. The lowest BCUT2D eigenvalue weighted by atomic mass is 10.1. The molecule has 0 saturated carbocycles. The molecule has 1 aromatic carbocycles. The van der Waals surface area contributed by atoms with Gasteiger partial charge in [-0.25, -0.2) is 0 Å². The predicted octanol–water partition coefficient (Wildman–Crippen LogP) is 2.81. The Bertz CT molecular complexity index is 832. The predicted molar refractivity (Wildman–Crippen MR) is 101 cm³/mol. The highest BCUT2D eigenvalue weighted by molar-refractivity contribution is 5.61. The van der Waals surface area contributed by atoms with Crippen LogP contribution in [0.5, 0.6) is 0 Å². The number of nitrogens with zero attached hydrogens (tertiary/aromatic N) is 4. The van der Waals surface area contributed by atoms with Crippen molar-refractivity contribution in [2.45, 2.75) is 19.5 Å². The van der Waals surface area contributed by atoms with E-state index in [0.717, 1.165) is 43.9 Å². The van der Waals surface area contributed by atoms with Gasteiger partial charge in [0.1, 0.15) is 0 Å². The molecule has 0 spiro atoms. The van der Waals surface area contributed by atoms with Crippen molar-refractivity contribution in [2.75, 3.05) is 19.7 Å². The van der Waals surface area contributed by atoms with E-state index in [-0.39, 0.29) is 6.61 Å². The van der Waals surface area contributed by atoms with Gasteiger partial charge < -0.3 is 5.11 Å². The molecule has 1 atom stereocenters. The summed E-state index contributed by atoms with van der Waals surface area (Å²) >= 11 is 0. The van der Waals surface area contributed by atoms with Crippen LogP contribution in [0.4, 0.5) is 0 Å². The minimum absolute atomic E-state index is 0.277. The zero-order chi connectivity index (χ0) is 17.8. The van der Waals surface area contributed by atoms with Gasteiger partial charge in [-0.3, -0.25) is 14.6 Å². The second-order valence-electron chi connectivity index (χ2n) is 7.00. The van der Waals surface area contributed by atoms with Gasteiger partial charge in [0.05, 0.1) is 12.2 Å². The highest BCUT2D eigenvalue weighted by Gasteiger charge is 2.23. The summed E-state index contributed by atoms with van der Waals surface area (Å²) in [4.78, 5) is 6.66. The van der Waals surface area contributed by atoms with Crippen molar-refractivity contribution >= 4 is 0 Å². The Balaban J connectivity index is 1.60. The fraction of sp³-hybridized carbons (Fsp3) is 0.333. The standard InChI is InChI=1S/C21H24N4O/c26-16-18-8-10-24(12-18)14-20-15-25(13-17-5-2-1-3-6-17)23-21(20)19-7-4-9-22-11-19/h1-7,9,11,15,18,26H,8,10,12-14,16H2. The summed E-state index contributed by atoms with van der Waals surface area (Å²) in [6, 6.07) is 14.4. The second kappa shape index (κ2) is 7.81. The van der Waals surface area contributed by atoms with E-state index >= 15 is 0 Å². The smallest absolute Gasteiger partial charge is 0.0983 e. The van der Waals surface area contributed by atoms with Crippen molar-refractivity contribution < 1.29 is 5.11 Å². The molecule has 134 valence electrons. The fourth-order valence-corrected chi connectivity index (χ4v) is 3.62. The summed E-state index contributed by atoms with van der Waals surface area (Å²) in [5, 5.41) is 14.3. The lowest BCUT2D eigenvalue weighted by Crippen LogP contribution is -2.21. The molecular formula is C21H24N4O. The molecule has 26 heavy (non-hydrogen) atoms. The van der Waals surface area contributed by atoms with Crippen LogP contribution in [-0.4, -0.2) is 44.5 Å². The van der Waals surface area contributed by atoms with E-state index in [1.54, 1.807) is 6.20 Å². The molecule has 0 bridgehead atoms. The first-order valence-corrected chi connectivity index (χ1v) is 9.15. The van der Waals surface area contributed by atoms with Gasteiger partial charge in [-0.15, -0.1) is 0 Å². The molecule has 1 aliphatic rings. The average molecular weight is 348 g/mol. The minimum Gasteiger partial charge on any atom is -0.396 e. The number of pyridine rings is 1.